The SMILES string of the molecule is CC(=O)Oc1nsnc1C1=CCCN(C)C1. The van der Waals surface area contributed by atoms with Crippen molar-refractivity contribution in [3.05, 3.63) is 11.8 Å². The first-order valence-corrected chi connectivity index (χ1v) is 5.79. The van der Waals surface area contributed by atoms with Gasteiger partial charge in [-0.1, -0.05) is 6.08 Å². The largest absolute Gasteiger partial charge is 0.404 e. The van der Waals surface area contributed by atoms with Crippen LogP contribution in [0.3, 0.4) is 0 Å². The topological polar surface area (TPSA) is 55.3 Å². The number of hydrogen-bond acceptors (Lipinski definition) is 6. The van der Waals surface area contributed by atoms with E-state index in [1.165, 1.54) is 6.92 Å². The van der Waals surface area contributed by atoms with E-state index in [-0.39, 0.29) is 5.97 Å². The number of esters is 1. The van der Waals surface area contributed by atoms with Gasteiger partial charge in [-0.15, -0.1) is 4.37 Å². The molecule has 0 fully saturated rings. The van der Waals surface area contributed by atoms with Crippen LogP contribution in [0.4, 0.5) is 0 Å². The van der Waals surface area contributed by atoms with Crippen molar-refractivity contribution in [2.45, 2.75) is 13.3 Å². The number of rotatable bonds is 2. The van der Waals surface area contributed by atoms with Crippen LogP contribution in [0.5, 0.6) is 5.88 Å². The third kappa shape index (κ3) is 2.45. The Labute approximate surface area is 98.1 Å². The lowest BCUT2D eigenvalue weighted by atomic mass is 10.1. The minimum atomic E-state index is -0.362. The summed E-state index contributed by atoms with van der Waals surface area (Å²) in [7, 11) is 2.05. The standard InChI is InChI=1S/C10H13N3O2S/c1-7(14)15-10-9(11-16-12-10)8-4-3-5-13(2)6-8/h4H,3,5-6H2,1-2H3. The summed E-state index contributed by atoms with van der Waals surface area (Å²) in [5, 5.41) is 0. The van der Waals surface area contributed by atoms with Crippen molar-refractivity contribution in [1.82, 2.24) is 13.6 Å². The number of carbonyl (C=O) groups is 1. The van der Waals surface area contributed by atoms with Crippen LogP contribution in [0.15, 0.2) is 6.08 Å². The second kappa shape index (κ2) is 4.71. The number of nitrogens with zero attached hydrogens (tertiary/aromatic N) is 3. The molecule has 1 aliphatic rings. The summed E-state index contributed by atoms with van der Waals surface area (Å²) in [5.41, 5.74) is 1.78. The van der Waals surface area contributed by atoms with Crippen LogP contribution in [0, 0.1) is 0 Å². The fourth-order valence-corrected chi connectivity index (χ4v) is 2.16. The van der Waals surface area contributed by atoms with Crippen molar-refractivity contribution in [2.75, 3.05) is 20.1 Å². The molecule has 2 rings (SSSR count). The molecule has 2 heterocycles. The Morgan fingerprint density at radius 3 is 3.06 bits per heavy atom. The van der Waals surface area contributed by atoms with Crippen LogP contribution in [0.25, 0.3) is 5.57 Å². The zero-order chi connectivity index (χ0) is 11.5. The lowest BCUT2D eigenvalue weighted by Crippen LogP contribution is -2.25. The van der Waals surface area contributed by atoms with Crippen molar-refractivity contribution in [3.63, 3.8) is 0 Å². The van der Waals surface area contributed by atoms with Gasteiger partial charge in [-0.2, -0.15) is 4.37 Å². The highest BCUT2D eigenvalue weighted by atomic mass is 32.1. The predicted molar refractivity (Wildman–Crippen MR) is 61.3 cm³/mol. The van der Waals surface area contributed by atoms with Crippen molar-refractivity contribution < 1.29 is 9.53 Å². The predicted octanol–water partition coefficient (Wildman–Crippen LogP) is 1.18. The molecule has 0 saturated heterocycles. The highest BCUT2D eigenvalue weighted by molar-refractivity contribution is 6.99. The van der Waals surface area contributed by atoms with Crippen LogP contribution >= 0.6 is 11.7 Å². The number of likely N-dealkylation sites (N-methyl/N-ethyl adjacent to an activating group) is 1. The average molecular weight is 239 g/mol. The van der Waals surface area contributed by atoms with E-state index in [1.807, 2.05) is 0 Å². The zero-order valence-corrected chi connectivity index (χ0v) is 10.1. The highest BCUT2D eigenvalue weighted by Gasteiger charge is 2.19. The summed E-state index contributed by atoms with van der Waals surface area (Å²) in [6.07, 6.45) is 3.12. The van der Waals surface area contributed by atoms with Crippen LogP contribution in [0.1, 0.15) is 19.0 Å². The van der Waals surface area contributed by atoms with Gasteiger partial charge in [0.1, 0.15) is 5.69 Å². The molecule has 0 spiro atoms. The van der Waals surface area contributed by atoms with E-state index in [2.05, 4.69) is 26.8 Å². The molecule has 16 heavy (non-hydrogen) atoms. The summed E-state index contributed by atoms with van der Waals surface area (Å²) in [6.45, 7) is 3.23. The molecule has 1 aromatic rings. The van der Waals surface area contributed by atoms with Crippen LogP contribution < -0.4 is 4.74 Å². The van der Waals surface area contributed by atoms with Gasteiger partial charge in [0.2, 0.25) is 0 Å². The van der Waals surface area contributed by atoms with Crippen LogP contribution in [0.2, 0.25) is 0 Å². The number of aromatic nitrogens is 2. The molecule has 6 heteroatoms. The minimum absolute atomic E-state index is 0.332. The minimum Gasteiger partial charge on any atom is -0.404 e. The Bertz CT molecular complexity index is 427. The van der Waals surface area contributed by atoms with Gasteiger partial charge in [0.15, 0.2) is 0 Å². The summed E-state index contributed by atoms with van der Waals surface area (Å²) in [4.78, 5) is 13.1. The van der Waals surface area contributed by atoms with Crippen molar-refractivity contribution >= 4 is 23.3 Å². The molecule has 0 bridgehead atoms. The van der Waals surface area contributed by atoms with E-state index < -0.39 is 0 Å². The van der Waals surface area contributed by atoms with E-state index in [0.29, 0.717) is 11.6 Å². The molecule has 1 aliphatic heterocycles. The first-order valence-electron chi connectivity index (χ1n) is 5.05. The molecule has 86 valence electrons. The van der Waals surface area contributed by atoms with Gasteiger partial charge in [-0.05, 0) is 19.0 Å². The number of hydrogen-bond donors (Lipinski definition) is 0. The van der Waals surface area contributed by atoms with E-state index >= 15 is 0 Å². The van der Waals surface area contributed by atoms with Crippen molar-refractivity contribution in [3.8, 4) is 5.88 Å². The second-order valence-electron chi connectivity index (χ2n) is 3.77. The third-order valence-electron chi connectivity index (χ3n) is 2.34. The van der Waals surface area contributed by atoms with Gasteiger partial charge in [0.05, 0.1) is 11.7 Å². The smallest absolute Gasteiger partial charge is 0.309 e. The molecular formula is C10H13N3O2S. The molecule has 0 radical (unpaired) electrons. The van der Waals surface area contributed by atoms with Crippen LogP contribution in [-0.4, -0.2) is 39.8 Å². The first kappa shape index (κ1) is 11.2. The van der Waals surface area contributed by atoms with Gasteiger partial charge in [0, 0.05) is 20.0 Å². The molecule has 0 atom stereocenters. The summed E-state index contributed by atoms with van der Waals surface area (Å²) in [5.74, 6) is -0.0298. The Hall–Kier alpha value is -1.27. The molecule has 0 amide bonds. The molecular weight excluding hydrogens is 226 g/mol. The maximum Gasteiger partial charge on any atom is 0.309 e. The fraction of sp³-hybridized carbons (Fsp3) is 0.500. The Morgan fingerprint density at radius 2 is 2.38 bits per heavy atom. The molecule has 0 unspecified atom stereocenters. The maximum atomic E-state index is 10.9. The Balaban J connectivity index is 2.23. The average Bonchev–Trinajstić information content (AvgIpc) is 2.65. The van der Waals surface area contributed by atoms with Gasteiger partial charge in [-0.3, -0.25) is 4.79 Å². The van der Waals surface area contributed by atoms with E-state index in [0.717, 1.165) is 36.8 Å². The number of ether oxygens (including phenoxy) is 1. The second-order valence-corrected chi connectivity index (χ2v) is 4.30. The third-order valence-corrected chi connectivity index (χ3v) is 2.86. The fourth-order valence-electron chi connectivity index (χ4n) is 1.64. The first-order chi connectivity index (χ1) is 7.66. The number of carbonyl (C=O) groups excluding carboxylic acids is 1. The molecule has 0 aromatic carbocycles. The van der Waals surface area contributed by atoms with Gasteiger partial charge < -0.3 is 9.64 Å². The summed E-state index contributed by atoms with van der Waals surface area (Å²) < 4.78 is 13.2. The molecule has 0 saturated carbocycles. The van der Waals surface area contributed by atoms with E-state index in [9.17, 15) is 4.79 Å². The summed E-state index contributed by atoms with van der Waals surface area (Å²) >= 11 is 1.07. The molecule has 1 aromatic heterocycles. The normalized spacial score (nSPS) is 17.0. The van der Waals surface area contributed by atoms with Gasteiger partial charge in [0.25, 0.3) is 5.88 Å². The van der Waals surface area contributed by atoms with Gasteiger partial charge >= 0.3 is 5.97 Å². The Morgan fingerprint density at radius 1 is 1.56 bits per heavy atom. The quantitative estimate of drug-likeness (QED) is 0.725. The Kier molecular flexibility index (Phi) is 3.31. The van der Waals surface area contributed by atoms with Crippen molar-refractivity contribution in [1.29, 1.82) is 0 Å². The molecule has 5 nitrogen and oxygen atoms in total. The monoisotopic (exact) mass is 239 g/mol. The van der Waals surface area contributed by atoms with Gasteiger partial charge in [-0.25, -0.2) is 0 Å². The van der Waals surface area contributed by atoms with E-state index in [4.69, 9.17) is 4.74 Å². The zero-order valence-electron chi connectivity index (χ0n) is 9.27. The highest BCUT2D eigenvalue weighted by Crippen LogP contribution is 2.26. The van der Waals surface area contributed by atoms with E-state index in [1.54, 1.807) is 0 Å². The lowest BCUT2D eigenvalue weighted by Gasteiger charge is -2.21. The molecule has 0 aliphatic carbocycles. The van der Waals surface area contributed by atoms with Crippen LogP contribution in [-0.2, 0) is 4.79 Å². The maximum absolute atomic E-state index is 10.9. The lowest BCUT2D eigenvalue weighted by molar-refractivity contribution is -0.132. The summed E-state index contributed by atoms with van der Waals surface area (Å²) in [6, 6.07) is 0. The van der Waals surface area contributed by atoms with Crippen molar-refractivity contribution in [2.24, 2.45) is 0 Å². The molecule has 0 N–H and O–H groups in total.